The lowest BCUT2D eigenvalue weighted by Crippen LogP contribution is -2.60. The molecule has 22 N–H and O–H groups in total. The van der Waals surface area contributed by atoms with Gasteiger partial charge in [-0.3, -0.25) is 63.5 Å². The van der Waals surface area contributed by atoms with Gasteiger partial charge in [0.15, 0.2) is 5.96 Å². The van der Waals surface area contributed by atoms with Crippen molar-refractivity contribution in [3.05, 3.63) is 0 Å². The van der Waals surface area contributed by atoms with Gasteiger partial charge in [0.05, 0.1) is 6.42 Å². The van der Waals surface area contributed by atoms with E-state index in [4.69, 9.17) is 39.2 Å². The molecule has 6 atom stereocenters. The molecule has 0 saturated heterocycles. The molecule has 0 rings (SSSR count). The van der Waals surface area contributed by atoms with Gasteiger partial charge in [-0.1, -0.05) is 0 Å². The Morgan fingerprint density at radius 3 is 1.29 bits per heavy atom. The zero-order valence-electron chi connectivity index (χ0n) is 36.0. The molecule has 0 radical (unpaired) electrons. The summed E-state index contributed by atoms with van der Waals surface area (Å²) >= 11 is 1.25. The number of thioether (sulfide) groups is 1. The monoisotopic (exact) mass is 948 g/mol. The van der Waals surface area contributed by atoms with Crippen LogP contribution in [-0.4, -0.2) is 154 Å². The third-order valence-corrected chi connectivity index (χ3v) is 9.67. The quantitative estimate of drug-likeness (QED) is 0.0120. The normalized spacial score (nSPS) is 13.6. The van der Waals surface area contributed by atoms with Gasteiger partial charge in [-0.25, -0.2) is 0 Å². The maximum absolute atomic E-state index is 13.9. The number of hydrogen-bond donors (Lipinski definition) is 17. The summed E-state index contributed by atoms with van der Waals surface area (Å²) in [6.45, 7) is 0.341. The van der Waals surface area contributed by atoms with Gasteiger partial charge in [0, 0.05) is 32.2 Å². The van der Waals surface area contributed by atoms with Crippen LogP contribution in [0.25, 0.3) is 0 Å². The summed E-state index contributed by atoms with van der Waals surface area (Å²) in [6.07, 6.45) is -3.45. The van der Waals surface area contributed by atoms with Crippen molar-refractivity contribution in [1.82, 2.24) is 42.5 Å². The lowest BCUT2D eigenvalue weighted by Gasteiger charge is -2.27. The van der Waals surface area contributed by atoms with Gasteiger partial charge in [0.25, 0.3) is 0 Å². The van der Waals surface area contributed by atoms with Gasteiger partial charge in [-0.05, 0) is 69.9 Å². The van der Waals surface area contributed by atoms with Crippen molar-refractivity contribution >= 4 is 82.9 Å². The van der Waals surface area contributed by atoms with Gasteiger partial charge in [-0.15, -0.1) is 0 Å². The van der Waals surface area contributed by atoms with Crippen LogP contribution >= 0.6 is 11.8 Å². The summed E-state index contributed by atoms with van der Waals surface area (Å²) in [7, 11) is 0. The number of aliphatic carboxylic acids is 3. The van der Waals surface area contributed by atoms with Crippen LogP contribution in [0.2, 0.25) is 0 Å². The van der Waals surface area contributed by atoms with Crippen molar-refractivity contribution in [1.29, 1.82) is 5.41 Å². The molecule has 0 fully saturated rings. The Morgan fingerprint density at radius 2 is 0.892 bits per heavy atom. The first-order valence-corrected chi connectivity index (χ1v) is 21.7. The molecular weight excluding hydrogens is 885 g/mol. The molecule has 368 valence electrons. The number of nitrogens with one attached hydrogen (secondary N) is 9. The average Bonchev–Trinajstić information content (AvgIpc) is 3.21. The second kappa shape index (κ2) is 32.3. The van der Waals surface area contributed by atoms with Crippen LogP contribution in [-0.2, 0) is 52.7 Å². The molecule has 0 aromatic rings. The van der Waals surface area contributed by atoms with Crippen LogP contribution in [0, 0.1) is 5.41 Å². The Balaban J connectivity index is 6.56. The van der Waals surface area contributed by atoms with Crippen LogP contribution in [0.15, 0.2) is 0 Å². The Kier molecular flexibility index (Phi) is 29.2. The summed E-state index contributed by atoms with van der Waals surface area (Å²) in [5, 5.41) is 54.3. The average molecular weight is 949 g/mol. The summed E-state index contributed by atoms with van der Waals surface area (Å²) in [6, 6.07) is -8.97. The fourth-order valence-electron chi connectivity index (χ4n) is 5.64. The predicted octanol–water partition coefficient (Wildman–Crippen LogP) is -6.17. The van der Waals surface area contributed by atoms with Crippen LogP contribution in [0.3, 0.4) is 0 Å². The number of amides is 8. The largest absolute Gasteiger partial charge is 0.481 e. The molecule has 0 spiro atoms. The zero-order chi connectivity index (χ0) is 49.6. The molecule has 0 aromatic carbocycles. The molecular formula is C36H64N14O14S. The molecule has 0 aliphatic rings. The molecule has 0 aliphatic carbocycles. The van der Waals surface area contributed by atoms with E-state index in [-0.39, 0.29) is 56.9 Å². The van der Waals surface area contributed by atoms with Crippen molar-refractivity contribution in [3.8, 4) is 0 Å². The molecule has 0 unspecified atom stereocenters. The molecule has 0 heterocycles. The Morgan fingerprint density at radius 1 is 0.508 bits per heavy atom. The molecule has 0 aromatic heterocycles. The summed E-state index contributed by atoms with van der Waals surface area (Å²) in [5.74, 6) is -12.0. The van der Waals surface area contributed by atoms with E-state index in [0.29, 0.717) is 0 Å². The summed E-state index contributed by atoms with van der Waals surface area (Å²) in [4.78, 5) is 139. The molecule has 0 saturated carbocycles. The molecule has 65 heavy (non-hydrogen) atoms. The second-order valence-electron chi connectivity index (χ2n) is 14.5. The van der Waals surface area contributed by atoms with E-state index in [9.17, 15) is 63.0 Å². The van der Waals surface area contributed by atoms with Crippen molar-refractivity contribution in [2.45, 2.75) is 126 Å². The standard InChI is InChI=1S/C36H64N14O14S/c1-65-17-14-23(50-33(63)22(8-12-27(55)56)49-31(61)20(7-11-26(53)54)45-25(52)10-13-28(57)58)34(64)48-21(6-9-24(37)51)32(62)47-19(5-3-16-44-36(41)42)30(60)46-18(29(38)59)4-2-15-43-35(39)40/h18-23,36,44H,2-17,41-42H2,1H3,(H2,37,51)(H2,38,59)(H,45,52)(H,46,60)(H,47,62)(H,48,64)(H,49,61)(H,50,63)(H,53,54)(H,55,56)(H,57,58)(H4,39,40,43)/t18-,19-,20-,21-,22-,23-/m0/s1. The first-order chi connectivity index (χ1) is 30.5. The minimum atomic E-state index is -1.70. The fraction of sp³-hybridized carbons (Fsp3) is 0.667. The van der Waals surface area contributed by atoms with E-state index in [1.165, 1.54) is 11.8 Å². The number of hydrogen-bond acceptors (Lipinski definition) is 16. The summed E-state index contributed by atoms with van der Waals surface area (Å²) < 4.78 is 0. The number of carboxylic acid groups (broad SMARTS) is 3. The number of primary amides is 2. The highest BCUT2D eigenvalue weighted by Gasteiger charge is 2.34. The van der Waals surface area contributed by atoms with Gasteiger partial charge < -0.3 is 81.2 Å². The number of carboxylic acids is 3. The summed E-state index contributed by atoms with van der Waals surface area (Å²) in [5.41, 5.74) is 27.2. The number of rotatable bonds is 36. The van der Waals surface area contributed by atoms with E-state index in [1.54, 1.807) is 6.26 Å². The number of nitrogens with two attached hydrogens (primary N) is 5. The molecule has 0 bridgehead atoms. The van der Waals surface area contributed by atoms with Crippen LogP contribution in [0.4, 0.5) is 0 Å². The van der Waals surface area contributed by atoms with Crippen molar-refractivity contribution in [2.75, 3.05) is 25.1 Å². The Hall–Kier alpha value is -6.33. The molecule has 0 aliphatic heterocycles. The third kappa shape index (κ3) is 28.2. The van der Waals surface area contributed by atoms with E-state index >= 15 is 0 Å². The second-order valence-corrected chi connectivity index (χ2v) is 15.5. The SMILES string of the molecule is CSCC[C@H](NC(=O)[C@H](CCC(=O)O)NC(=O)[C@H](CCC(=O)O)NC(=O)CCC(=O)O)C(=O)N[C@@H](CCC(N)=O)C(=O)N[C@@H](CCCNC(N)N)C(=O)N[C@@H](CCCNC(=N)N)C(N)=O. The first-order valence-electron chi connectivity index (χ1n) is 20.3. The van der Waals surface area contributed by atoms with Crippen LogP contribution in [0.1, 0.15) is 83.5 Å². The zero-order valence-corrected chi connectivity index (χ0v) is 36.8. The predicted molar refractivity (Wildman–Crippen MR) is 231 cm³/mol. The van der Waals surface area contributed by atoms with E-state index < -0.39 is 159 Å². The van der Waals surface area contributed by atoms with Gasteiger partial charge in [0.2, 0.25) is 47.3 Å². The maximum atomic E-state index is 13.9. The van der Waals surface area contributed by atoms with E-state index in [1.807, 2.05) is 0 Å². The molecule has 8 amide bonds. The Labute approximate surface area is 378 Å². The minimum Gasteiger partial charge on any atom is -0.481 e. The lowest BCUT2D eigenvalue weighted by atomic mass is 10.0. The van der Waals surface area contributed by atoms with Crippen molar-refractivity contribution < 1.29 is 68.1 Å². The first kappa shape index (κ1) is 58.7. The van der Waals surface area contributed by atoms with E-state index in [0.717, 1.165) is 0 Å². The van der Waals surface area contributed by atoms with Gasteiger partial charge in [0.1, 0.15) is 42.5 Å². The highest BCUT2D eigenvalue weighted by molar-refractivity contribution is 7.98. The molecule has 28 nitrogen and oxygen atoms in total. The number of carbonyl (C=O) groups is 11. The van der Waals surface area contributed by atoms with Crippen molar-refractivity contribution in [3.63, 3.8) is 0 Å². The number of carbonyl (C=O) groups excluding carboxylic acids is 8. The highest BCUT2D eigenvalue weighted by atomic mass is 32.2. The lowest BCUT2D eigenvalue weighted by molar-refractivity contribution is -0.140. The topological polar surface area (TPSA) is 499 Å². The fourth-order valence-corrected chi connectivity index (χ4v) is 6.11. The molecule has 29 heteroatoms. The van der Waals surface area contributed by atoms with Crippen LogP contribution < -0.4 is 71.2 Å². The van der Waals surface area contributed by atoms with E-state index in [2.05, 4.69) is 42.5 Å². The Bertz CT molecular complexity index is 1670. The number of guanidine groups is 1. The third-order valence-electron chi connectivity index (χ3n) is 9.03. The van der Waals surface area contributed by atoms with Gasteiger partial charge >= 0.3 is 17.9 Å². The highest BCUT2D eigenvalue weighted by Crippen LogP contribution is 2.10. The van der Waals surface area contributed by atoms with Crippen molar-refractivity contribution in [2.24, 2.45) is 28.7 Å². The van der Waals surface area contributed by atoms with Crippen LogP contribution in [0.5, 0.6) is 0 Å². The maximum Gasteiger partial charge on any atom is 0.303 e. The van der Waals surface area contributed by atoms with Gasteiger partial charge in [-0.2, -0.15) is 11.8 Å². The smallest absolute Gasteiger partial charge is 0.303 e. The minimum absolute atomic E-state index is 0.0172.